The Balaban J connectivity index is 1.45. The highest BCUT2D eigenvalue weighted by atomic mass is 32.2. The predicted molar refractivity (Wildman–Crippen MR) is 107 cm³/mol. The second kappa shape index (κ2) is 9.23. The van der Waals surface area contributed by atoms with Gasteiger partial charge in [-0.25, -0.2) is 4.98 Å². The van der Waals surface area contributed by atoms with E-state index in [9.17, 15) is 4.79 Å². The normalized spacial score (nSPS) is 10.6. The Morgan fingerprint density at radius 2 is 1.96 bits per heavy atom. The molecule has 1 amide bonds. The molecule has 0 spiro atoms. The highest BCUT2D eigenvalue weighted by molar-refractivity contribution is 7.99. The van der Waals surface area contributed by atoms with Crippen LogP contribution in [0.1, 0.15) is 11.1 Å². The summed E-state index contributed by atoms with van der Waals surface area (Å²) in [5, 5.41) is 10.6. The third-order valence-corrected chi connectivity index (χ3v) is 4.99. The van der Waals surface area contributed by atoms with Crippen LogP contribution in [0.4, 0.5) is 0 Å². The average molecular weight is 382 g/mol. The molecule has 3 aromatic rings. The third-order valence-electron chi connectivity index (χ3n) is 4.14. The molecule has 0 aliphatic carbocycles. The molecule has 3 rings (SSSR count). The predicted octanol–water partition coefficient (Wildman–Crippen LogP) is 3.24. The lowest BCUT2D eigenvalue weighted by atomic mass is 10.1. The smallest absolute Gasteiger partial charge is 0.230 e. The summed E-state index contributed by atoms with van der Waals surface area (Å²) in [6.07, 6.45) is 0.825. The van der Waals surface area contributed by atoms with Crippen LogP contribution in [0.3, 0.4) is 0 Å². The zero-order valence-corrected chi connectivity index (χ0v) is 16.2. The van der Waals surface area contributed by atoms with Gasteiger partial charge in [0.1, 0.15) is 5.75 Å². The number of benzene rings is 2. The number of aryl methyl sites for hydroxylation is 1. The van der Waals surface area contributed by atoms with Gasteiger partial charge in [0.15, 0.2) is 5.82 Å². The van der Waals surface area contributed by atoms with Crippen molar-refractivity contribution in [1.82, 2.24) is 20.5 Å². The summed E-state index contributed by atoms with van der Waals surface area (Å²) >= 11 is 1.31. The number of hydrogen-bond donors (Lipinski definition) is 2. The van der Waals surface area contributed by atoms with Crippen LogP contribution in [0.2, 0.25) is 0 Å². The number of hydrogen-bond acceptors (Lipinski definition) is 5. The number of amides is 1. The quantitative estimate of drug-likeness (QED) is 0.585. The highest BCUT2D eigenvalue weighted by Gasteiger charge is 2.09. The van der Waals surface area contributed by atoms with Crippen molar-refractivity contribution in [3.8, 4) is 17.1 Å². The molecule has 140 valence electrons. The van der Waals surface area contributed by atoms with Crippen LogP contribution in [0.15, 0.2) is 53.7 Å². The van der Waals surface area contributed by atoms with Crippen LogP contribution in [-0.4, -0.2) is 40.5 Å². The molecule has 0 aliphatic heterocycles. The van der Waals surface area contributed by atoms with Gasteiger partial charge in [-0.2, -0.15) is 0 Å². The number of methoxy groups -OCH3 is 1. The molecule has 1 aromatic heterocycles. The number of carbonyl (C=O) groups excluding carboxylic acids is 1. The van der Waals surface area contributed by atoms with Crippen LogP contribution >= 0.6 is 11.8 Å². The Hall–Kier alpha value is -2.80. The summed E-state index contributed by atoms with van der Waals surface area (Å²) in [7, 11) is 1.63. The van der Waals surface area contributed by atoms with Crippen LogP contribution in [-0.2, 0) is 11.2 Å². The van der Waals surface area contributed by atoms with Crippen molar-refractivity contribution >= 4 is 17.7 Å². The first-order chi connectivity index (χ1) is 13.2. The molecule has 1 heterocycles. The Morgan fingerprint density at radius 1 is 1.19 bits per heavy atom. The molecule has 0 unspecified atom stereocenters. The Morgan fingerprint density at radius 3 is 2.70 bits per heavy atom. The van der Waals surface area contributed by atoms with Gasteiger partial charge in [0.2, 0.25) is 11.1 Å². The number of aromatic amines is 1. The Labute approximate surface area is 162 Å². The second-order valence-corrected chi connectivity index (χ2v) is 6.95. The minimum atomic E-state index is -0.0237. The summed E-state index contributed by atoms with van der Waals surface area (Å²) in [5.74, 6) is 1.72. The maximum Gasteiger partial charge on any atom is 0.230 e. The number of H-pyrrole nitrogens is 1. The molecule has 2 N–H and O–H groups in total. The van der Waals surface area contributed by atoms with E-state index in [-0.39, 0.29) is 11.7 Å². The van der Waals surface area contributed by atoms with Gasteiger partial charge in [-0.3, -0.25) is 9.89 Å². The molecular weight excluding hydrogens is 360 g/mol. The Kier molecular flexibility index (Phi) is 6.49. The number of ether oxygens (including phenoxy) is 1. The molecule has 27 heavy (non-hydrogen) atoms. The highest BCUT2D eigenvalue weighted by Crippen LogP contribution is 2.21. The SMILES string of the molecule is COc1ccc(-c2nc(SCC(=O)NCCc3ccccc3C)n[nH]2)cc1. The molecule has 0 bridgehead atoms. The fraction of sp³-hybridized carbons (Fsp3) is 0.250. The van der Waals surface area contributed by atoms with Gasteiger partial charge >= 0.3 is 0 Å². The molecule has 6 nitrogen and oxygen atoms in total. The lowest BCUT2D eigenvalue weighted by Gasteiger charge is -2.06. The molecule has 0 aliphatic rings. The second-order valence-electron chi connectivity index (χ2n) is 6.01. The molecule has 0 saturated carbocycles. The fourth-order valence-electron chi connectivity index (χ4n) is 2.60. The van der Waals surface area contributed by atoms with Crippen molar-refractivity contribution < 1.29 is 9.53 Å². The largest absolute Gasteiger partial charge is 0.497 e. The molecular formula is C20H22N4O2S. The van der Waals surface area contributed by atoms with Crippen molar-refractivity contribution in [3.05, 3.63) is 59.7 Å². The molecule has 2 aromatic carbocycles. The number of carbonyl (C=O) groups is 1. The van der Waals surface area contributed by atoms with Crippen molar-refractivity contribution in [2.24, 2.45) is 0 Å². The van der Waals surface area contributed by atoms with E-state index >= 15 is 0 Å². The van der Waals surface area contributed by atoms with Crippen molar-refractivity contribution in [3.63, 3.8) is 0 Å². The van der Waals surface area contributed by atoms with Crippen molar-refractivity contribution in [1.29, 1.82) is 0 Å². The van der Waals surface area contributed by atoms with Crippen molar-refractivity contribution in [2.45, 2.75) is 18.5 Å². The minimum absolute atomic E-state index is 0.0237. The Bertz CT molecular complexity index is 893. The van der Waals surface area contributed by atoms with Crippen LogP contribution in [0.5, 0.6) is 5.75 Å². The number of nitrogens with zero attached hydrogens (tertiary/aromatic N) is 2. The van der Waals surface area contributed by atoms with E-state index in [0.717, 1.165) is 17.7 Å². The summed E-state index contributed by atoms with van der Waals surface area (Å²) in [5.41, 5.74) is 3.41. The standard InChI is InChI=1S/C20H22N4O2S/c1-14-5-3-4-6-15(14)11-12-21-18(25)13-27-20-22-19(23-24-20)16-7-9-17(26-2)10-8-16/h3-10H,11-13H2,1-2H3,(H,21,25)(H,22,23,24). The minimum Gasteiger partial charge on any atom is -0.497 e. The van der Waals surface area contributed by atoms with E-state index in [1.807, 2.05) is 36.4 Å². The van der Waals surface area contributed by atoms with Gasteiger partial charge in [0, 0.05) is 12.1 Å². The van der Waals surface area contributed by atoms with Crippen LogP contribution < -0.4 is 10.1 Å². The van der Waals surface area contributed by atoms with Crippen LogP contribution in [0.25, 0.3) is 11.4 Å². The lowest BCUT2D eigenvalue weighted by Crippen LogP contribution is -2.27. The zero-order valence-electron chi connectivity index (χ0n) is 15.4. The number of aromatic nitrogens is 3. The van der Waals surface area contributed by atoms with Gasteiger partial charge in [0.25, 0.3) is 0 Å². The van der Waals surface area contributed by atoms with Gasteiger partial charge in [-0.05, 0) is 48.7 Å². The van der Waals surface area contributed by atoms with Crippen molar-refractivity contribution in [2.75, 3.05) is 19.4 Å². The van der Waals surface area contributed by atoms with Crippen LogP contribution in [0, 0.1) is 6.92 Å². The maximum absolute atomic E-state index is 12.0. The number of thioether (sulfide) groups is 1. The first-order valence-electron chi connectivity index (χ1n) is 8.66. The van der Waals surface area contributed by atoms with Gasteiger partial charge in [-0.1, -0.05) is 36.0 Å². The van der Waals surface area contributed by atoms with E-state index in [4.69, 9.17) is 4.74 Å². The molecule has 0 atom stereocenters. The zero-order chi connectivity index (χ0) is 19.1. The monoisotopic (exact) mass is 382 g/mol. The van der Waals surface area contributed by atoms with Gasteiger partial charge in [0.05, 0.1) is 12.9 Å². The van der Waals surface area contributed by atoms with E-state index in [2.05, 4.69) is 39.6 Å². The third kappa shape index (κ3) is 5.34. The first-order valence-corrected chi connectivity index (χ1v) is 9.65. The molecule has 0 saturated heterocycles. The van der Waals surface area contributed by atoms with E-state index in [1.165, 1.54) is 22.9 Å². The first kappa shape index (κ1) is 19.0. The molecule has 7 heteroatoms. The van der Waals surface area contributed by atoms with Gasteiger partial charge < -0.3 is 10.1 Å². The van der Waals surface area contributed by atoms with E-state index < -0.39 is 0 Å². The molecule has 0 radical (unpaired) electrons. The fourth-order valence-corrected chi connectivity index (χ4v) is 3.23. The maximum atomic E-state index is 12.0. The number of rotatable bonds is 8. The number of nitrogens with one attached hydrogen (secondary N) is 2. The summed E-state index contributed by atoms with van der Waals surface area (Å²) in [6, 6.07) is 15.8. The van der Waals surface area contributed by atoms with E-state index in [0.29, 0.717) is 17.5 Å². The van der Waals surface area contributed by atoms with E-state index in [1.54, 1.807) is 7.11 Å². The topological polar surface area (TPSA) is 79.9 Å². The summed E-state index contributed by atoms with van der Waals surface area (Å²) in [4.78, 5) is 16.5. The lowest BCUT2D eigenvalue weighted by molar-refractivity contribution is -0.118. The summed E-state index contributed by atoms with van der Waals surface area (Å²) in [6.45, 7) is 2.70. The van der Waals surface area contributed by atoms with Gasteiger partial charge in [-0.15, -0.1) is 5.10 Å². The summed E-state index contributed by atoms with van der Waals surface area (Å²) < 4.78 is 5.15. The average Bonchev–Trinajstić information content (AvgIpc) is 3.17. The molecule has 0 fully saturated rings.